The van der Waals surface area contributed by atoms with Gasteiger partial charge in [0.05, 0.1) is 11.6 Å². The molecule has 2 aliphatic rings. The zero-order valence-electron chi connectivity index (χ0n) is 16.0. The number of aryl methyl sites for hydroxylation is 2. The summed E-state index contributed by atoms with van der Waals surface area (Å²) < 4.78 is 14.4. The van der Waals surface area contributed by atoms with Crippen molar-refractivity contribution in [3.8, 4) is 12.3 Å². The maximum Gasteiger partial charge on any atom is 0.225 e. The van der Waals surface area contributed by atoms with E-state index in [1.165, 1.54) is 0 Å². The van der Waals surface area contributed by atoms with Crippen molar-refractivity contribution in [3.05, 3.63) is 17.3 Å². The molecule has 1 aromatic rings. The van der Waals surface area contributed by atoms with E-state index >= 15 is 0 Å². The van der Waals surface area contributed by atoms with Gasteiger partial charge >= 0.3 is 0 Å². The number of carbonyl (C=O) groups excluding carboxylic acids is 1. The molecule has 0 aromatic carbocycles. The Balaban J connectivity index is 1.55. The monoisotopic (exact) mass is 372 g/mol. The number of amides is 1. The van der Waals surface area contributed by atoms with Crippen LogP contribution in [0.25, 0.3) is 0 Å². The Bertz CT molecular complexity index is 796. The molecule has 0 saturated carbocycles. The average Bonchev–Trinajstić information content (AvgIpc) is 3.29. The summed E-state index contributed by atoms with van der Waals surface area (Å²) in [5.41, 5.74) is -0.0705. The quantitative estimate of drug-likeness (QED) is 0.745. The summed E-state index contributed by atoms with van der Waals surface area (Å²) in [4.78, 5) is 22.7. The van der Waals surface area contributed by atoms with E-state index in [2.05, 4.69) is 31.4 Å². The van der Waals surface area contributed by atoms with Crippen LogP contribution in [-0.2, 0) is 4.79 Å². The number of rotatable bonds is 7. The third-order valence-corrected chi connectivity index (χ3v) is 5.24. The van der Waals surface area contributed by atoms with Crippen molar-refractivity contribution in [2.24, 2.45) is 22.1 Å². The van der Waals surface area contributed by atoms with E-state index in [1.807, 2.05) is 11.8 Å². The van der Waals surface area contributed by atoms with Gasteiger partial charge in [0.25, 0.3) is 0 Å². The summed E-state index contributed by atoms with van der Waals surface area (Å²) in [6, 6.07) is 0. The van der Waals surface area contributed by atoms with Crippen LogP contribution in [-0.4, -0.2) is 41.2 Å². The Kier molecular flexibility index (Phi) is 5.40. The summed E-state index contributed by atoms with van der Waals surface area (Å²) >= 11 is 0. The first-order chi connectivity index (χ1) is 12.8. The lowest BCUT2D eigenvalue weighted by Crippen LogP contribution is -2.36. The maximum atomic E-state index is 14.4. The minimum absolute atomic E-state index is 0.0272. The van der Waals surface area contributed by atoms with Crippen molar-refractivity contribution in [3.63, 3.8) is 0 Å². The van der Waals surface area contributed by atoms with Gasteiger partial charge in [-0.3, -0.25) is 4.79 Å². The summed E-state index contributed by atoms with van der Waals surface area (Å²) in [7, 11) is 0. The van der Waals surface area contributed by atoms with Crippen molar-refractivity contribution in [2.45, 2.75) is 45.7 Å². The molecule has 7 nitrogen and oxygen atoms in total. The molecule has 1 amide bonds. The van der Waals surface area contributed by atoms with Crippen LogP contribution >= 0.6 is 0 Å². The molecule has 1 aromatic heterocycles. The van der Waals surface area contributed by atoms with Crippen LogP contribution < -0.4 is 10.2 Å². The van der Waals surface area contributed by atoms with Gasteiger partial charge in [-0.25, -0.2) is 14.4 Å². The van der Waals surface area contributed by atoms with Gasteiger partial charge in [0.15, 0.2) is 17.3 Å². The van der Waals surface area contributed by atoms with Gasteiger partial charge < -0.3 is 10.2 Å². The number of nitrogens with zero attached hydrogens (tertiary/aromatic N) is 5. The zero-order valence-corrected chi connectivity index (χ0v) is 16.0. The second kappa shape index (κ2) is 7.59. The molecule has 3 rings (SSSR count). The van der Waals surface area contributed by atoms with Gasteiger partial charge in [-0.2, -0.15) is 10.2 Å². The van der Waals surface area contributed by atoms with Crippen molar-refractivity contribution < 1.29 is 9.18 Å². The summed E-state index contributed by atoms with van der Waals surface area (Å²) in [6.45, 7) is 6.89. The first-order valence-electron chi connectivity index (χ1n) is 9.26. The largest absolute Gasteiger partial charge is 0.356 e. The summed E-state index contributed by atoms with van der Waals surface area (Å²) in [6.07, 6.45) is 7.29. The molecule has 0 unspecified atom stereocenters. The number of anilines is 1. The SMILES string of the molecule is C#CCCC1(CCNC(=O)[C@@H]2CN(c3nc(C)nc(C)c3F)C[C@H]2C)N=N1. The highest BCUT2D eigenvalue weighted by atomic mass is 19.1. The van der Waals surface area contributed by atoms with Crippen LogP contribution in [0.4, 0.5) is 10.2 Å². The zero-order chi connectivity index (χ0) is 19.6. The predicted octanol–water partition coefficient (Wildman–Crippen LogP) is 2.39. The molecule has 0 spiro atoms. The Morgan fingerprint density at radius 1 is 1.33 bits per heavy atom. The number of terminal acetylenes is 1. The van der Waals surface area contributed by atoms with E-state index in [1.54, 1.807) is 13.8 Å². The van der Waals surface area contributed by atoms with Crippen LogP contribution in [0.2, 0.25) is 0 Å². The molecule has 27 heavy (non-hydrogen) atoms. The van der Waals surface area contributed by atoms with Crippen molar-refractivity contribution >= 4 is 11.7 Å². The molecular formula is C19H25FN6O. The Morgan fingerprint density at radius 2 is 2.07 bits per heavy atom. The molecule has 1 saturated heterocycles. The Hall–Kier alpha value is -2.56. The van der Waals surface area contributed by atoms with Gasteiger partial charge in [-0.15, -0.1) is 12.3 Å². The van der Waals surface area contributed by atoms with Gasteiger partial charge in [-0.1, -0.05) is 6.92 Å². The molecule has 144 valence electrons. The molecule has 2 aliphatic heterocycles. The fraction of sp³-hybridized carbons (Fsp3) is 0.632. The lowest BCUT2D eigenvalue weighted by atomic mass is 9.97. The standard InChI is InChI=1S/C19H25FN6O/c1-5-6-7-19(24-25-19)8-9-21-18(27)15-11-26(10-12(15)2)17-16(20)13(3)22-14(4)23-17/h1,12,15H,6-11H2,2-4H3,(H,21,27)/t12-,15-/m1/s1. The predicted molar refractivity (Wildman–Crippen MR) is 99.6 cm³/mol. The van der Waals surface area contributed by atoms with Crippen LogP contribution in [0.3, 0.4) is 0 Å². The molecule has 0 aliphatic carbocycles. The number of halogens is 1. The third kappa shape index (κ3) is 4.24. The Morgan fingerprint density at radius 3 is 2.74 bits per heavy atom. The van der Waals surface area contributed by atoms with E-state index in [0.717, 1.165) is 6.42 Å². The second-order valence-electron chi connectivity index (χ2n) is 7.41. The van der Waals surface area contributed by atoms with E-state index in [0.29, 0.717) is 44.0 Å². The van der Waals surface area contributed by atoms with E-state index in [4.69, 9.17) is 6.42 Å². The summed E-state index contributed by atoms with van der Waals surface area (Å²) in [5, 5.41) is 11.1. The topological polar surface area (TPSA) is 82.8 Å². The third-order valence-electron chi connectivity index (χ3n) is 5.24. The van der Waals surface area contributed by atoms with Crippen molar-refractivity contribution in [1.29, 1.82) is 0 Å². The Labute approximate surface area is 158 Å². The van der Waals surface area contributed by atoms with Gasteiger partial charge in [0, 0.05) is 38.9 Å². The van der Waals surface area contributed by atoms with Crippen molar-refractivity contribution in [1.82, 2.24) is 15.3 Å². The maximum absolute atomic E-state index is 14.4. The first-order valence-corrected chi connectivity index (χ1v) is 9.26. The first kappa shape index (κ1) is 19.2. The highest BCUT2D eigenvalue weighted by Crippen LogP contribution is 2.36. The molecule has 0 radical (unpaired) electrons. The average molecular weight is 372 g/mol. The van der Waals surface area contributed by atoms with Gasteiger partial charge in [0.2, 0.25) is 5.91 Å². The molecule has 3 heterocycles. The lowest BCUT2D eigenvalue weighted by Gasteiger charge is -2.19. The van der Waals surface area contributed by atoms with E-state index in [-0.39, 0.29) is 23.6 Å². The van der Waals surface area contributed by atoms with E-state index < -0.39 is 11.5 Å². The number of hydrogen-bond donors (Lipinski definition) is 1. The molecule has 1 N–H and O–H groups in total. The van der Waals surface area contributed by atoms with Crippen LogP contribution in [0, 0.1) is 43.8 Å². The molecule has 1 fully saturated rings. The highest BCUT2D eigenvalue weighted by Gasteiger charge is 2.40. The minimum Gasteiger partial charge on any atom is -0.356 e. The normalized spacial score (nSPS) is 22.6. The van der Waals surface area contributed by atoms with Gasteiger partial charge in [0.1, 0.15) is 5.82 Å². The lowest BCUT2D eigenvalue weighted by molar-refractivity contribution is -0.125. The number of hydrogen-bond acceptors (Lipinski definition) is 6. The fourth-order valence-corrected chi connectivity index (χ4v) is 3.56. The minimum atomic E-state index is -0.415. The molecule has 0 bridgehead atoms. The number of aromatic nitrogens is 2. The van der Waals surface area contributed by atoms with Crippen LogP contribution in [0.15, 0.2) is 10.2 Å². The van der Waals surface area contributed by atoms with Crippen molar-refractivity contribution in [2.75, 3.05) is 24.5 Å². The molecule has 2 atom stereocenters. The molecule has 8 heteroatoms. The smallest absolute Gasteiger partial charge is 0.225 e. The second-order valence-corrected chi connectivity index (χ2v) is 7.41. The van der Waals surface area contributed by atoms with Crippen LogP contribution in [0.1, 0.15) is 37.7 Å². The van der Waals surface area contributed by atoms with Gasteiger partial charge in [-0.05, 0) is 19.8 Å². The number of nitrogens with one attached hydrogen (secondary N) is 1. The fourth-order valence-electron chi connectivity index (χ4n) is 3.56. The number of carbonyl (C=O) groups is 1. The van der Waals surface area contributed by atoms with Crippen LogP contribution in [0.5, 0.6) is 0 Å². The summed E-state index contributed by atoms with van der Waals surface area (Å²) in [5.74, 6) is 2.85. The van der Waals surface area contributed by atoms with E-state index in [9.17, 15) is 9.18 Å². The highest BCUT2D eigenvalue weighted by molar-refractivity contribution is 5.80. The molecular weight excluding hydrogens is 347 g/mol.